The molecule has 54 valence electrons. The molecule has 0 aromatic rings. The quantitative estimate of drug-likeness (QED) is 0.341. The topological polar surface area (TPSA) is 58.6 Å². The van der Waals surface area contributed by atoms with Crippen LogP contribution in [0.5, 0.6) is 0 Å². The van der Waals surface area contributed by atoms with Crippen LogP contribution in [0.15, 0.2) is 0 Å². The smallest absolute Gasteiger partial charge is 0.431 e. The zero-order valence-corrected chi connectivity index (χ0v) is 5.39. The van der Waals surface area contributed by atoms with E-state index >= 15 is 0 Å². The van der Waals surface area contributed by atoms with E-state index in [1.54, 1.807) is 0 Å². The molecule has 0 aliphatic rings. The van der Waals surface area contributed by atoms with Gasteiger partial charge in [0.25, 0.3) is 0 Å². The van der Waals surface area contributed by atoms with Gasteiger partial charge in [-0.05, 0) is 6.42 Å². The van der Waals surface area contributed by atoms with Gasteiger partial charge in [-0.1, -0.05) is 13.3 Å². The van der Waals surface area contributed by atoms with Gasteiger partial charge in [0.2, 0.25) is 0 Å². The first kappa shape index (κ1) is 8.23. The number of hydrogen-bond acceptors (Lipinski definition) is 3. The van der Waals surface area contributed by atoms with Gasteiger partial charge in [0, 0.05) is 0 Å². The number of nitrogens with one attached hydrogen (secondary N) is 1. The lowest BCUT2D eigenvalue weighted by molar-refractivity contribution is 0.0882. The van der Waals surface area contributed by atoms with Gasteiger partial charge in [-0.15, -0.1) is 0 Å². The fraction of sp³-hybridized carbons (Fsp3) is 0.800. The zero-order chi connectivity index (χ0) is 7.11. The Morgan fingerprint density at radius 3 is 2.89 bits per heavy atom. The highest BCUT2D eigenvalue weighted by Crippen LogP contribution is 1.86. The first-order valence-corrected chi connectivity index (χ1v) is 2.88. The number of rotatable bonds is 3. The summed E-state index contributed by atoms with van der Waals surface area (Å²) in [5.41, 5.74) is 1.36. The molecule has 0 bridgehead atoms. The van der Waals surface area contributed by atoms with Gasteiger partial charge >= 0.3 is 6.09 Å². The largest absolute Gasteiger partial charge is 0.448 e. The molecule has 9 heavy (non-hydrogen) atoms. The monoisotopic (exact) mass is 133 g/mol. The van der Waals surface area contributed by atoms with E-state index in [1.165, 1.54) is 5.48 Å². The first-order valence-electron chi connectivity index (χ1n) is 2.88. The molecule has 0 aromatic heterocycles. The van der Waals surface area contributed by atoms with Gasteiger partial charge in [-0.25, -0.2) is 10.3 Å². The van der Waals surface area contributed by atoms with Crippen LogP contribution >= 0.6 is 0 Å². The predicted molar refractivity (Wildman–Crippen MR) is 31.2 cm³/mol. The summed E-state index contributed by atoms with van der Waals surface area (Å²) in [7, 11) is 0. The second-order valence-corrected chi connectivity index (χ2v) is 1.60. The van der Waals surface area contributed by atoms with Gasteiger partial charge < -0.3 is 4.74 Å². The summed E-state index contributed by atoms with van der Waals surface area (Å²) < 4.78 is 4.43. The number of hydroxylamine groups is 1. The van der Waals surface area contributed by atoms with Crippen LogP contribution in [0.4, 0.5) is 4.79 Å². The number of amides is 1. The lowest BCUT2D eigenvalue weighted by Crippen LogP contribution is -2.20. The Labute approximate surface area is 53.8 Å². The zero-order valence-electron chi connectivity index (χ0n) is 5.39. The molecule has 2 N–H and O–H groups in total. The summed E-state index contributed by atoms with van der Waals surface area (Å²) in [6.07, 6.45) is 1.01. The summed E-state index contributed by atoms with van der Waals surface area (Å²) in [4.78, 5) is 10.1. The van der Waals surface area contributed by atoms with E-state index in [2.05, 4.69) is 4.74 Å². The molecule has 0 saturated carbocycles. The summed E-state index contributed by atoms with van der Waals surface area (Å²) >= 11 is 0. The molecule has 0 spiro atoms. The molecule has 4 heteroatoms. The Kier molecular flexibility index (Phi) is 4.91. The van der Waals surface area contributed by atoms with Gasteiger partial charge in [0.15, 0.2) is 0 Å². The molecule has 0 fully saturated rings. The normalized spacial score (nSPS) is 8.67. The van der Waals surface area contributed by atoms with E-state index < -0.39 is 6.09 Å². The van der Waals surface area contributed by atoms with E-state index in [1.807, 2.05) is 6.92 Å². The maximum atomic E-state index is 10.1. The molecule has 0 saturated heterocycles. The van der Waals surface area contributed by atoms with Crippen LogP contribution in [-0.2, 0) is 4.74 Å². The van der Waals surface area contributed by atoms with Crippen LogP contribution in [-0.4, -0.2) is 17.9 Å². The Morgan fingerprint density at radius 1 is 1.78 bits per heavy atom. The SMILES string of the molecule is CCCCOC(=O)NO. The van der Waals surface area contributed by atoms with E-state index in [9.17, 15) is 4.79 Å². The van der Waals surface area contributed by atoms with Crippen LogP contribution in [0.2, 0.25) is 0 Å². The molecule has 0 aliphatic heterocycles. The Balaban J connectivity index is 2.97. The molecule has 4 nitrogen and oxygen atoms in total. The molecule has 0 unspecified atom stereocenters. The highest BCUT2D eigenvalue weighted by molar-refractivity contribution is 5.65. The van der Waals surface area contributed by atoms with E-state index in [0.717, 1.165) is 12.8 Å². The van der Waals surface area contributed by atoms with Crippen molar-refractivity contribution in [1.29, 1.82) is 0 Å². The molecule has 0 heterocycles. The van der Waals surface area contributed by atoms with Crippen molar-refractivity contribution in [2.24, 2.45) is 0 Å². The maximum Gasteiger partial charge on any atom is 0.431 e. The summed E-state index contributed by atoms with van der Waals surface area (Å²) in [5, 5.41) is 7.91. The van der Waals surface area contributed by atoms with Crippen molar-refractivity contribution in [3.05, 3.63) is 0 Å². The highest BCUT2D eigenvalue weighted by atomic mass is 16.6. The molecule has 0 aliphatic carbocycles. The number of carbonyl (C=O) groups excluding carboxylic acids is 1. The average molecular weight is 133 g/mol. The van der Waals surface area contributed by atoms with Crippen LogP contribution < -0.4 is 5.48 Å². The van der Waals surface area contributed by atoms with E-state index in [0.29, 0.717) is 6.61 Å². The minimum Gasteiger partial charge on any atom is -0.448 e. The Bertz CT molecular complexity index is 84.3. The number of ether oxygens (including phenoxy) is 1. The molecule has 0 atom stereocenters. The minimum atomic E-state index is -0.788. The highest BCUT2D eigenvalue weighted by Gasteiger charge is 1.94. The van der Waals surface area contributed by atoms with Crippen molar-refractivity contribution in [1.82, 2.24) is 5.48 Å². The van der Waals surface area contributed by atoms with Crippen LogP contribution in [0.25, 0.3) is 0 Å². The van der Waals surface area contributed by atoms with Crippen molar-refractivity contribution >= 4 is 6.09 Å². The van der Waals surface area contributed by atoms with Crippen LogP contribution in [0.1, 0.15) is 19.8 Å². The summed E-state index contributed by atoms with van der Waals surface area (Å²) in [5.74, 6) is 0. The van der Waals surface area contributed by atoms with Crippen molar-refractivity contribution in [2.45, 2.75) is 19.8 Å². The van der Waals surface area contributed by atoms with Crippen LogP contribution in [0, 0.1) is 0 Å². The van der Waals surface area contributed by atoms with Gasteiger partial charge in [-0.2, -0.15) is 0 Å². The van der Waals surface area contributed by atoms with Crippen molar-refractivity contribution in [3.63, 3.8) is 0 Å². The molecule has 0 aromatic carbocycles. The van der Waals surface area contributed by atoms with Crippen molar-refractivity contribution < 1.29 is 14.7 Å². The second kappa shape index (κ2) is 5.37. The first-order chi connectivity index (χ1) is 4.31. The lowest BCUT2D eigenvalue weighted by atomic mass is 10.4. The molecule has 1 amide bonds. The van der Waals surface area contributed by atoms with Gasteiger partial charge in [-0.3, -0.25) is 5.21 Å². The van der Waals surface area contributed by atoms with E-state index in [4.69, 9.17) is 5.21 Å². The molecular weight excluding hydrogens is 122 g/mol. The minimum absolute atomic E-state index is 0.364. The van der Waals surface area contributed by atoms with Crippen molar-refractivity contribution in [3.8, 4) is 0 Å². The van der Waals surface area contributed by atoms with Gasteiger partial charge in [0.05, 0.1) is 6.61 Å². The van der Waals surface area contributed by atoms with Gasteiger partial charge in [0.1, 0.15) is 0 Å². The Morgan fingerprint density at radius 2 is 2.44 bits per heavy atom. The summed E-state index contributed by atoms with van der Waals surface area (Å²) in [6.45, 7) is 2.35. The molecule has 0 radical (unpaired) electrons. The standard InChI is InChI=1S/C5H11NO3/c1-2-3-4-9-5(7)6-8/h8H,2-4H2,1H3,(H,6,7). The third-order valence-corrected chi connectivity index (χ3v) is 0.822. The molecule has 0 rings (SSSR count). The third-order valence-electron chi connectivity index (χ3n) is 0.822. The fourth-order valence-corrected chi connectivity index (χ4v) is 0.341. The summed E-state index contributed by atoms with van der Waals surface area (Å²) in [6, 6.07) is 0. The second-order valence-electron chi connectivity index (χ2n) is 1.60. The number of hydrogen-bond donors (Lipinski definition) is 2. The number of unbranched alkanes of at least 4 members (excludes halogenated alkanes) is 1. The predicted octanol–water partition coefficient (Wildman–Crippen LogP) is 0.902. The van der Waals surface area contributed by atoms with Crippen molar-refractivity contribution in [2.75, 3.05) is 6.61 Å². The maximum absolute atomic E-state index is 10.1. The average Bonchev–Trinajstić information content (AvgIpc) is 1.89. The van der Waals surface area contributed by atoms with E-state index in [-0.39, 0.29) is 0 Å². The number of carbonyl (C=O) groups is 1. The third kappa shape index (κ3) is 5.10. The molecular formula is C5H11NO3. The lowest BCUT2D eigenvalue weighted by Gasteiger charge is -1.99. The van der Waals surface area contributed by atoms with Crippen LogP contribution in [0.3, 0.4) is 0 Å². The Hall–Kier alpha value is -0.770. The fourth-order valence-electron chi connectivity index (χ4n) is 0.341.